The van der Waals surface area contributed by atoms with Gasteiger partial charge < -0.3 is 5.73 Å². The van der Waals surface area contributed by atoms with Gasteiger partial charge in [-0.25, -0.2) is 4.39 Å². The summed E-state index contributed by atoms with van der Waals surface area (Å²) in [6, 6.07) is 16.8. The fraction of sp³-hybridized carbons (Fsp3) is 0.200. The zero-order valence-electron chi connectivity index (χ0n) is 9.64. The molecule has 0 saturated carbocycles. The van der Waals surface area contributed by atoms with Crippen LogP contribution in [0.4, 0.5) is 4.39 Å². The van der Waals surface area contributed by atoms with Crippen LogP contribution in [-0.4, -0.2) is 6.04 Å². The lowest BCUT2D eigenvalue weighted by molar-refractivity contribution is 0.618. The van der Waals surface area contributed by atoms with E-state index in [4.69, 9.17) is 5.73 Å². The van der Waals surface area contributed by atoms with E-state index in [1.807, 2.05) is 24.3 Å². The van der Waals surface area contributed by atoms with Gasteiger partial charge in [0.2, 0.25) is 0 Å². The van der Waals surface area contributed by atoms with Crippen LogP contribution in [-0.2, 0) is 12.8 Å². The highest BCUT2D eigenvalue weighted by atomic mass is 19.1. The van der Waals surface area contributed by atoms with Crippen LogP contribution in [0.3, 0.4) is 0 Å². The first-order valence-corrected chi connectivity index (χ1v) is 5.78. The molecule has 0 bridgehead atoms. The molecule has 88 valence electrons. The Morgan fingerprint density at radius 1 is 0.882 bits per heavy atom. The first-order chi connectivity index (χ1) is 8.24. The first kappa shape index (κ1) is 11.8. The summed E-state index contributed by atoms with van der Waals surface area (Å²) in [5, 5.41) is 0. The van der Waals surface area contributed by atoms with Crippen LogP contribution in [0.25, 0.3) is 0 Å². The summed E-state index contributed by atoms with van der Waals surface area (Å²) in [6.07, 6.45) is 1.52. The Morgan fingerprint density at radius 2 is 1.53 bits per heavy atom. The molecule has 2 aromatic carbocycles. The van der Waals surface area contributed by atoms with Crippen molar-refractivity contribution in [1.29, 1.82) is 0 Å². The Kier molecular flexibility index (Phi) is 3.89. The van der Waals surface area contributed by atoms with E-state index in [1.165, 1.54) is 11.6 Å². The second-order valence-corrected chi connectivity index (χ2v) is 4.28. The van der Waals surface area contributed by atoms with E-state index < -0.39 is 0 Å². The van der Waals surface area contributed by atoms with Gasteiger partial charge in [0.1, 0.15) is 5.82 Å². The Balaban J connectivity index is 1.96. The Bertz CT molecular complexity index is 467. The standard InChI is InChI=1S/C15H16FN/c16-14-8-4-7-13(9-14)11-15(17)10-12-5-2-1-3-6-12/h1-9,15H,10-11,17H2. The van der Waals surface area contributed by atoms with Crippen molar-refractivity contribution in [2.75, 3.05) is 0 Å². The lowest BCUT2D eigenvalue weighted by atomic mass is 10.00. The van der Waals surface area contributed by atoms with Crippen molar-refractivity contribution in [3.05, 3.63) is 71.5 Å². The molecule has 0 aromatic heterocycles. The molecule has 0 saturated heterocycles. The largest absolute Gasteiger partial charge is 0.327 e. The average molecular weight is 229 g/mol. The molecule has 0 aliphatic rings. The van der Waals surface area contributed by atoms with Crippen molar-refractivity contribution in [1.82, 2.24) is 0 Å². The normalized spacial score (nSPS) is 12.4. The van der Waals surface area contributed by atoms with Crippen molar-refractivity contribution in [3.8, 4) is 0 Å². The summed E-state index contributed by atoms with van der Waals surface area (Å²) in [7, 11) is 0. The van der Waals surface area contributed by atoms with Gasteiger partial charge in [-0.3, -0.25) is 0 Å². The van der Waals surface area contributed by atoms with Gasteiger partial charge in [0.05, 0.1) is 0 Å². The van der Waals surface area contributed by atoms with E-state index in [9.17, 15) is 4.39 Å². The van der Waals surface area contributed by atoms with Crippen molar-refractivity contribution in [2.45, 2.75) is 18.9 Å². The van der Waals surface area contributed by atoms with Crippen LogP contribution < -0.4 is 5.73 Å². The molecule has 0 fully saturated rings. The zero-order chi connectivity index (χ0) is 12.1. The topological polar surface area (TPSA) is 26.0 Å². The van der Waals surface area contributed by atoms with Gasteiger partial charge in [-0.2, -0.15) is 0 Å². The first-order valence-electron chi connectivity index (χ1n) is 5.78. The number of halogens is 1. The molecule has 2 aromatic rings. The van der Waals surface area contributed by atoms with Crippen LogP contribution in [0.15, 0.2) is 54.6 Å². The van der Waals surface area contributed by atoms with Crippen LogP contribution >= 0.6 is 0 Å². The molecule has 0 spiro atoms. The summed E-state index contributed by atoms with van der Waals surface area (Å²) in [5.74, 6) is -0.200. The molecule has 0 aliphatic heterocycles. The maximum absolute atomic E-state index is 13.0. The van der Waals surface area contributed by atoms with E-state index in [0.717, 1.165) is 12.0 Å². The molecule has 1 nitrogen and oxygen atoms in total. The SMILES string of the molecule is NC(Cc1ccccc1)Cc1cccc(F)c1. The van der Waals surface area contributed by atoms with E-state index in [1.54, 1.807) is 12.1 Å². The third kappa shape index (κ3) is 3.68. The highest BCUT2D eigenvalue weighted by molar-refractivity contribution is 5.20. The van der Waals surface area contributed by atoms with E-state index >= 15 is 0 Å². The second kappa shape index (κ2) is 5.60. The molecule has 0 aliphatic carbocycles. The van der Waals surface area contributed by atoms with Gasteiger partial charge in [-0.15, -0.1) is 0 Å². The molecular weight excluding hydrogens is 213 g/mol. The van der Waals surface area contributed by atoms with E-state index in [2.05, 4.69) is 12.1 Å². The highest BCUT2D eigenvalue weighted by Crippen LogP contribution is 2.09. The number of hydrogen-bond donors (Lipinski definition) is 1. The second-order valence-electron chi connectivity index (χ2n) is 4.28. The maximum atomic E-state index is 13.0. The van der Waals surface area contributed by atoms with Crippen molar-refractivity contribution in [3.63, 3.8) is 0 Å². The molecule has 0 amide bonds. The fourth-order valence-electron chi connectivity index (χ4n) is 1.96. The van der Waals surface area contributed by atoms with Crippen LogP contribution in [0, 0.1) is 5.82 Å². The third-order valence-electron chi connectivity index (χ3n) is 2.73. The van der Waals surface area contributed by atoms with Crippen molar-refractivity contribution < 1.29 is 4.39 Å². The fourth-order valence-corrected chi connectivity index (χ4v) is 1.96. The lowest BCUT2D eigenvalue weighted by Crippen LogP contribution is -2.25. The molecule has 2 N–H and O–H groups in total. The quantitative estimate of drug-likeness (QED) is 0.857. The molecule has 1 unspecified atom stereocenters. The summed E-state index contributed by atoms with van der Waals surface area (Å²) >= 11 is 0. The predicted octanol–water partition coefficient (Wildman–Crippen LogP) is 2.94. The number of nitrogens with two attached hydrogens (primary N) is 1. The molecule has 17 heavy (non-hydrogen) atoms. The molecule has 1 atom stereocenters. The zero-order valence-corrected chi connectivity index (χ0v) is 9.64. The number of rotatable bonds is 4. The molecule has 2 rings (SSSR count). The van der Waals surface area contributed by atoms with Gasteiger partial charge in [0, 0.05) is 6.04 Å². The number of hydrogen-bond acceptors (Lipinski definition) is 1. The summed E-state index contributed by atoms with van der Waals surface area (Å²) in [4.78, 5) is 0. The summed E-state index contributed by atoms with van der Waals surface area (Å²) in [6.45, 7) is 0. The minimum atomic E-state index is -0.200. The van der Waals surface area contributed by atoms with Gasteiger partial charge >= 0.3 is 0 Å². The Morgan fingerprint density at radius 3 is 2.24 bits per heavy atom. The van der Waals surface area contributed by atoms with Crippen LogP contribution in [0.5, 0.6) is 0 Å². The highest BCUT2D eigenvalue weighted by Gasteiger charge is 2.05. The predicted molar refractivity (Wildman–Crippen MR) is 68.2 cm³/mol. The summed E-state index contributed by atoms with van der Waals surface area (Å²) in [5.41, 5.74) is 8.24. The van der Waals surface area contributed by atoms with Gasteiger partial charge in [-0.1, -0.05) is 42.5 Å². The average Bonchev–Trinajstić information content (AvgIpc) is 2.30. The van der Waals surface area contributed by atoms with E-state index in [-0.39, 0.29) is 11.9 Å². The van der Waals surface area contributed by atoms with Crippen molar-refractivity contribution >= 4 is 0 Å². The third-order valence-corrected chi connectivity index (χ3v) is 2.73. The smallest absolute Gasteiger partial charge is 0.123 e. The van der Waals surface area contributed by atoms with Crippen LogP contribution in [0.1, 0.15) is 11.1 Å². The van der Waals surface area contributed by atoms with Crippen LogP contribution in [0.2, 0.25) is 0 Å². The maximum Gasteiger partial charge on any atom is 0.123 e. The Hall–Kier alpha value is -1.67. The summed E-state index contributed by atoms with van der Waals surface area (Å²) < 4.78 is 13.0. The minimum absolute atomic E-state index is 0.0270. The molecule has 0 radical (unpaired) electrons. The molecular formula is C15H16FN. The Labute approximate surface area is 101 Å². The molecule has 0 heterocycles. The minimum Gasteiger partial charge on any atom is -0.327 e. The van der Waals surface area contributed by atoms with Gasteiger partial charge in [0.25, 0.3) is 0 Å². The van der Waals surface area contributed by atoms with E-state index in [0.29, 0.717) is 6.42 Å². The lowest BCUT2D eigenvalue weighted by Gasteiger charge is -2.11. The van der Waals surface area contributed by atoms with Gasteiger partial charge in [0.15, 0.2) is 0 Å². The number of benzene rings is 2. The monoisotopic (exact) mass is 229 g/mol. The molecule has 2 heteroatoms. The van der Waals surface area contributed by atoms with Crippen molar-refractivity contribution in [2.24, 2.45) is 5.73 Å². The van der Waals surface area contributed by atoms with Gasteiger partial charge in [-0.05, 0) is 36.1 Å².